The second-order valence-corrected chi connectivity index (χ2v) is 7.92. The standard InChI is InChI=1S/C23H22N2O3S/c1-4-28-19-9-7-18(8-10-19)25-22(26)21-20(11-12-29-21)24(23(25)27)14-17-6-5-15(2)13-16(17)3/h5-13H,4,14H2,1-3H3. The molecule has 0 amide bonds. The summed E-state index contributed by atoms with van der Waals surface area (Å²) < 4.78 is 8.97. The highest BCUT2D eigenvalue weighted by Crippen LogP contribution is 2.20. The minimum atomic E-state index is -0.343. The monoisotopic (exact) mass is 406 g/mol. The molecule has 4 rings (SSSR count). The Morgan fingerprint density at radius 2 is 1.76 bits per heavy atom. The Balaban J connectivity index is 1.90. The Bertz CT molecular complexity index is 1300. The van der Waals surface area contributed by atoms with Crippen LogP contribution in [0.1, 0.15) is 23.6 Å². The lowest BCUT2D eigenvalue weighted by molar-refractivity contribution is 0.340. The highest BCUT2D eigenvalue weighted by Gasteiger charge is 2.16. The van der Waals surface area contributed by atoms with Crippen molar-refractivity contribution in [1.82, 2.24) is 9.13 Å². The molecule has 0 spiro atoms. The van der Waals surface area contributed by atoms with Crippen LogP contribution in [0.15, 0.2) is 63.5 Å². The first-order chi connectivity index (χ1) is 14.0. The second-order valence-electron chi connectivity index (χ2n) is 7.00. The third kappa shape index (κ3) is 3.51. The second kappa shape index (κ2) is 7.72. The summed E-state index contributed by atoms with van der Waals surface area (Å²) in [6.45, 7) is 6.97. The van der Waals surface area contributed by atoms with Gasteiger partial charge in [0.25, 0.3) is 5.56 Å². The Morgan fingerprint density at radius 1 is 1.00 bits per heavy atom. The van der Waals surface area contributed by atoms with Crippen LogP contribution in [0.25, 0.3) is 15.9 Å². The molecule has 2 aromatic heterocycles. The first-order valence-corrected chi connectivity index (χ1v) is 10.4. The fraction of sp³-hybridized carbons (Fsp3) is 0.217. The number of fused-ring (bicyclic) bond motifs is 1. The van der Waals surface area contributed by atoms with Gasteiger partial charge in [0.15, 0.2) is 0 Å². The van der Waals surface area contributed by atoms with Gasteiger partial charge < -0.3 is 4.74 Å². The van der Waals surface area contributed by atoms with Crippen molar-refractivity contribution in [1.29, 1.82) is 0 Å². The molecule has 0 aliphatic heterocycles. The predicted molar refractivity (Wildman–Crippen MR) is 118 cm³/mol. The van der Waals surface area contributed by atoms with Crippen LogP contribution in [-0.4, -0.2) is 15.7 Å². The van der Waals surface area contributed by atoms with E-state index in [0.29, 0.717) is 34.8 Å². The van der Waals surface area contributed by atoms with Crippen molar-refractivity contribution >= 4 is 21.6 Å². The molecule has 0 N–H and O–H groups in total. The van der Waals surface area contributed by atoms with Gasteiger partial charge in [0, 0.05) is 0 Å². The number of hydrogen-bond donors (Lipinski definition) is 0. The summed E-state index contributed by atoms with van der Waals surface area (Å²) >= 11 is 1.36. The van der Waals surface area contributed by atoms with Gasteiger partial charge in [0.05, 0.1) is 24.4 Å². The summed E-state index contributed by atoms with van der Waals surface area (Å²) in [4.78, 5) is 26.5. The molecule has 2 heterocycles. The maximum atomic E-state index is 13.4. The Labute approximate surface area is 172 Å². The molecule has 2 aromatic carbocycles. The number of thiophene rings is 1. The SMILES string of the molecule is CCOc1ccc(-n2c(=O)c3sccc3n(Cc3ccc(C)cc3C)c2=O)cc1. The average molecular weight is 407 g/mol. The Morgan fingerprint density at radius 3 is 2.45 bits per heavy atom. The maximum Gasteiger partial charge on any atom is 0.336 e. The molecule has 5 nitrogen and oxygen atoms in total. The smallest absolute Gasteiger partial charge is 0.336 e. The van der Waals surface area contributed by atoms with Crippen LogP contribution in [-0.2, 0) is 6.54 Å². The molecule has 0 aliphatic carbocycles. The first kappa shape index (κ1) is 19.2. The molecule has 0 saturated heterocycles. The molecular formula is C23H22N2O3S. The van der Waals surface area contributed by atoms with Crippen molar-refractivity contribution in [2.45, 2.75) is 27.3 Å². The van der Waals surface area contributed by atoms with Crippen LogP contribution in [0.4, 0.5) is 0 Å². The molecule has 6 heteroatoms. The summed E-state index contributed by atoms with van der Waals surface area (Å²) in [6, 6.07) is 15.1. The Kier molecular flexibility index (Phi) is 5.11. The summed E-state index contributed by atoms with van der Waals surface area (Å²) in [5, 5.41) is 1.85. The summed E-state index contributed by atoms with van der Waals surface area (Å²) in [5.41, 5.74) is 3.94. The minimum absolute atomic E-state index is 0.291. The molecule has 0 saturated carbocycles. The highest BCUT2D eigenvalue weighted by molar-refractivity contribution is 7.17. The van der Waals surface area contributed by atoms with Gasteiger partial charge in [-0.3, -0.25) is 9.36 Å². The molecule has 0 atom stereocenters. The predicted octanol–water partition coefficient (Wildman–Crippen LogP) is 4.28. The van der Waals surface area contributed by atoms with Gasteiger partial charge in [-0.15, -0.1) is 11.3 Å². The lowest BCUT2D eigenvalue weighted by Crippen LogP contribution is -2.38. The van der Waals surface area contributed by atoms with Crippen LogP contribution in [0, 0.1) is 13.8 Å². The lowest BCUT2D eigenvalue weighted by atomic mass is 10.1. The molecule has 0 fully saturated rings. The molecule has 4 aromatic rings. The summed E-state index contributed by atoms with van der Waals surface area (Å²) in [7, 11) is 0. The first-order valence-electron chi connectivity index (χ1n) is 9.52. The fourth-order valence-electron chi connectivity index (χ4n) is 3.52. The zero-order chi connectivity index (χ0) is 20.5. The largest absolute Gasteiger partial charge is 0.494 e. The van der Waals surface area contributed by atoms with E-state index in [9.17, 15) is 9.59 Å². The number of hydrogen-bond acceptors (Lipinski definition) is 4. The molecule has 0 radical (unpaired) electrons. The van der Waals surface area contributed by atoms with Crippen molar-refractivity contribution in [2.24, 2.45) is 0 Å². The third-order valence-electron chi connectivity index (χ3n) is 4.99. The van der Waals surface area contributed by atoms with Gasteiger partial charge in [-0.1, -0.05) is 23.8 Å². The molecular weight excluding hydrogens is 384 g/mol. The van der Waals surface area contributed by atoms with Crippen LogP contribution >= 0.6 is 11.3 Å². The lowest BCUT2D eigenvalue weighted by Gasteiger charge is -2.14. The van der Waals surface area contributed by atoms with Gasteiger partial charge in [-0.2, -0.15) is 0 Å². The molecule has 0 aliphatic rings. The number of nitrogens with zero attached hydrogens (tertiary/aromatic N) is 2. The van der Waals surface area contributed by atoms with E-state index >= 15 is 0 Å². The van der Waals surface area contributed by atoms with E-state index in [4.69, 9.17) is 4.74 Å². The summed E-state index contributed by atoms with van der Waals surface area (Å²) in [6.07, 6.45) is 0. The van der Waals surface area contributed by atoms with Crippen LogP contribution < -0.4 is 16.0 Å². The van der Waals surface area contributed by atoms with Gasteiger partial charge in [0.2, 0.25) is 0 Å². The van der Waals surface area contributed by atoms with E-state index in [1.54, 1.807) is 28.8 Å². The van der Waals surface area contributed by atoms with E-state index in [1.807, 2.05) is 44.4 Å². The number of aromatic nitrogens is 2. The van der Waals surface area contributed by atoms with Crippen LogP contribution in [0.5, 0.6) is 5.75 Å². The van der Waals surface area contributed by atoms with Crippen molar-refractivity contribution in [3.8, 4) is 11.4 Å². The van der Waals surface area contributed by atoms with Crippen molar-refractivity contribution in [3.05, 3.63) is 91.4 Å². The van der Waals surface area contributed by atoms with Gasteiger partial charge in [-0.05, 0) is 67.6 Å². The summed E-state index contributed by atoms with van der Waals surface area (Å²) in [5.74, 6) is 0.706. The highest BCUT2D eigenvalue weighted by atomic mass is 32.1. The number of rotatable bonds is 5. The number of ether oxygens (including phenoxy) is 1. The number of benzene rings is 2. The van der Waals surface area contributed by atoms with Crippen LogP contribution in [0.3, 0.4) is 0 Å². The molecule has 148 valence electrons. The van der Waals surface area contributed by atoms with Gasteiger partial charge >= 0.3 is 5.69 Å². The quantitative estimate of drug-likeness (QED) is 0.497. The van der Waals surface area contributed by atoms with E-state index < -0.39 is 0 Å². The molecule has 0 bridgehead atoms. The number of aryl methyl sites for hydroxylation is 2. The third-order valence-corrected chi connectivity index (χ3v) is 5.88. The fourth-order valence-corrected chi connectivity index (χ4v) is 4.34. The molecule has 0 unspecified atom stereocenters. The van der Waals surface area contributed by atoms with Crippen molar-refractivity contribution in [2.75, 3.05) is 6.61 Å². The maximum absolute atomic E-state index is 13.4. The van der Waals surface area contributed by atoms with Crippen molar-refractivity contribution in [3.63, 3.8) is 0 Å². The van der Waals surface area contributed by atoms with Crippen molar-refractivity contribution < 1.29 is 4.74 Å². The zero-order valence-electron chi connectivity index (χ0n) is 16.6. The van der Waals surface area contributed by atoms with E-state index in [2.05, 4.69) is 6.07 Å². The van der Waals surface area contributed by atoms with E-state index in [0.717, 1.165) is 11.1 Å². The van der Waals surface area contributed by atoms with Crippen LogP contribution in [0.2, 0.25) is 0 Å². The molecule has 29 heavy (non-hydrogen) atoms. The van der Waals surface area contributed by atoms with E-state index in [-0.39, 0.29) is 11.2 Å². The average Bonchev–Trinajstić information content (AvgIpc) is 3.18. The topological polar surface area (TPSA) is 53.2 Å². The normalized spacial score (nSPS) is 11.1. The minimum Gasteiger partial charge on any atom is -0.494 e. The Hall–Kier alpha value is -3.12. The van der Waals surface area contributed by atoms with Gasteiger partial charge in [-0.25, -0.2) is 9.36 Å². The van der Waals surface area contributed by atoms with Gasteiger partial charge in [0.1, 0.15) is 10.4 Å². The van der Waals surface area contributed by atoms with E-state index in [1.165, 1.54) is 21.5 Å². The zero-order valence-corrected chi connectivity index (χ0v) is 17.5.